The summed E-state index contributed by atoms with van der Waals surface area (Å²) in [6.07, 6.45) is 0. The van der Waals surface area contributed by atoms with Crippen molar-refractivity contribution in [3.05, 3.63) is 58.1 Å². The van der Waals surface area contributed by atoms with E-state index in [-0.39, 0.29) is 13.2 Å². The Bertz CT molecular complexity index is 708. The van der Waals surface area contributed by atoms with Crippen LogP contribution in [0.25, 0.3) is 0 Å². The first-order valence-corrected chi connectivity index (χ1v) is 8.14. The van der Waals surface area contributed by atoms with E-state index in [1.165, 1.54) is 0 Å². The fourth-order valence-electron chi connectivity index (χ4n) is 2.08. The van der Waals surface area contributed by atoms with Gasteiger partial charge in [0, 0.05) is 10.2 Å². The van der Waals surface area contributed by atoms with Gasteiger partial charge in [0.2, 0.25) is 0 Å². The second kappa shape index (κ2) is 8.49. The number of hydrogen-bond donors (Lipinski definition) is 1. The Morgan fingerprint density at radius 2 is 1.62 bits per heavy atom. The highest BCUT2D eigenvalue weighted by Gasteiger charge is 2.09. The maximum absolute atomic E-state index is 11.7. The number of ether oxygens (including phenoxy) is 2. The molecule has 2 rings (SSSR count). The first-order valence-electron chi connectivity index (χ1n) is 7.34. The van der Waals surface area contributed by atoms with Crippen molar-refractivity contribution in [3.63, 3.8) is 0 Å². The number of amides is 1. The molecule has 0 aliphatic carbocycles. The average Bonchev–Trinajstić information content (AvgIpc) is 2.52. The fourth-order valence-corrected chi connectivity index (χ4v) is 2.34. The second-order valence-corrected chi connectivity index (χ2v) is 6.24. The predicted molar refractivity (Wildman–Crippen MR) is 95.1 cm³/mol. The van der Waals surface area contributed by atoms with Gasteiger partial charge in [-0.2, -0.15) is 0 Å². The average molecular weight is 392 g/mol. The summed E-state index contributed by atoms with van der Waals surface area (Å²) in [6.45, 7) is 3.30. The van der Waals surface area contributed by atoms with Crippen LogP contribution in [0.15, 0.2) is 46.9 Å². The lowest BCUT2D eigenvalue weighted by molar-refractivity contribution is -0.149. The number of esters is 1. The van der Waals surface area contributed by atoms with E-state index < -0.39 is 11.9 Å². The van der Waals surface area contributed by atoms with E-state index in [0.717, 1.165) is 15.6 Å². The van der Waals surface area contributed by atoms with E-state index in [2.05, 4.69) is 21.2 Å². The van der Waals surface area contributed by atoms with Crippen LogP contribution in [0.1, 0.15) is 11.1 Å². The number of benzene rings is 2. The molecule has 0 bridgehead atoms. The topological polar surface area (TPSA) is 64.6 Å². The van der Waals surface area contributed by atoms with E-state index >= 15 is 0 Å². The maximum Gasteiger partial charge on any atom is 0.344 e. The molecule has 0 radical (unpaired) electrons. The van der Waals surface area contributed by atoms with Crippen LogP contribution in [0.3, 0.4) is 0 Å². The van der Waals surface area contributed by atoms with Gasteiger partial charge in [0.25, 0.3) is 5.91 Å². The molecule has 0 aromatic heterocycles. The Balaban J connectivity index is 1.74. The van der Waals surface area contributed by atoms with Crippen molar-refractivity contribution in [1.82, 2.24) is 0 Å². The van der Waals surface area contributed by atoms with Crippen LogP contribution < -0.4 is 10.1 Å². The minimum Gasteiger partial charge on any atom is -0.482 e. The Morgan fingerprint density at radius 1 is 1.00 bits per heavy atom. The van der Waals surface area contributed by atoms with Crippen LogP contribution in [0.5, 0.6) is 5.75 Å². The molecule has 0 aliphatic rings. The zero-order valence-electron chi connectivity index (χ0n) is 13.5. The molecule has 2 aromatic carbocycles. The fraction of sp³-hybridized carbons (Fsp3) is 0.222. The maximum atomic E-state index is 11.7. The number of hydrogen-bond acceptors (Lipinski definition) is 4. The lowest BCUT2D eigenvalue weighted by Gasteiger charge is -2.09. The molecule has 1 amide bonds. The van der Waals surface area contributed by atoms with Crippen molar-refractivity contribution in [2.24, 2.45) is 0 Å². The van der Waals surface area contributed by atoms with Crippen LogP contribution in [-0.2, 0) is 14.3 Å². The van der Waals surface area contributed by atoms with Gasteiger partial charge < -0.3 is 14.8 Å². The van der Waals surface area contributed by atoms with Gasteiger partial charge in [-0.15, -0.1) is 0 Å². The van der Waals surface area contributed by atoms with E-state index in [9.17, 15) is 9.59 Å². The van der Waals surface area contributed by atoms with Crippen LogP contribution in [-0.4, -0.2) is 25.1 Å². The van der Waals surface area contributed by atoms with E-state index in [0.29, 0.717) is 11.4 Å². The SMILES string of the molecule is Cc1cc(C)cc(OCC(=O)OCC(=O)Nc2ccc(Br)cc2)c1. The summed E-state index contributed by atoms with van der Waals surface area (Å²) in [5, 5.41) is 2.64. The quantitative estimate of drug-likeness (QED) is 0.763. The summed E-state index contributed by atoms with van der Waals surface area (Å²) in [7, 11) is 0. The minimum absolute atomic E-state index is 0.242. The van der Waals surface area contributed by atoms with E-state index in [1.807, 2.05) is 32.0 Å². The zero-order chi connectivity index (χ0) is 17.5. The van der Waals surface area contributed by atoms with Gasteiger partial charge in [0.15, 0.2) is 13.2 Å². The molecule has 0 heterocycles. The lowest BCUT2D eigenvalue weighted by atomic mass is 10.1. The first kappa shape index (κ1) is 18.0. The standard InChI is InChI=1S/C18H18BrNO4/c1-12-7-13(2)9-16(8-12)23-11-18(22)24-10-17(21)20-15-5-3-14(19)4-6-15/h3-9H,10-11H2,1-2H3,(H,20,21). The van der Waals surface area contributed by atoms with Crippen molar-refractivity contribution >= 4 is 33.5 Å². The van der Waals surface area contributed by atoms with E-state index in [4.69, 9.17) is 9.47 Å². The summed E-state index contributed by atoms with van der Waals surface area (Å²) in [4.78, 5) is 23.4. The molecule has 0 saturated carbocycles. The molecule has 0 atom stereocenters. The molecule has 5 nitrogen and oxygen atoms in total. The molecule has 126 valence electrons. The Hall–Kier alpha value is -2.34. The van der Waals surface area contributed by atoms with Crippen molar-refractivity contribution in [2.75, 3.05) is 18.5 Å². The van der Waals surface area contributed by atoms with Gasteiger partial charge in [-0.3, -0.25) is 4.79 Å². The highest BCUT2D eigenvalue weighted by Crippen LogP contribution is 2.16. The predicted octanol–water partition coefficient (Wildman–Crippen LogP) is 3.63. The van der Waals surface area contributed by atoms with Gasteiger partial charge in [0.1, 0.15) is 5.75 Å². The monoisotopic (exact) mass is 391 g/mol. The number of carbonyl (C=O) groups excluding carboxylic acids is 2. The third-order valence-electron chi connectivity index (χ3n) is 3.04. The van der Waals surface area contributed by atoms with Gasteiger partial charge >= 0.3 is 5.97 Å². The van der Waals surface area contributed by atoms with Gasteiger partial charge in [-0.25, -0.2) is 4.79 Å². The van der Waals surface area contributed by atoms with Crippen molar-refractivity contribution < 1.29 is 19.1 Å². The number of aryl methyl sites for hydroxylation is 2. The molecule has 0 fully saturated rings. The van der Waals surface area contributed by atoms with Gasteiger partial charge in [-0.1, -0.05) is 22.0 Å². The normalized spacial score (nSPS) is 10.1. The molecular formula is C18H18BrNO4. The minimum atomic E-state index is -0.597. The largest absolute Gasteiger partial charge is 0.482 e. The summed E-state index contributed by atoms with van der Waals surface area (Å²) < 4.78 is 11.2. The molecular weight excluding hydrogens is 374 g/mol. The first-order chi connectivity index (χ1) is 11.4. The number of halogens is 1. The molecule has 0 spiro atoms. The summed E-state index contributed by atoms with van der Waals surface area (Å²) in [5.41, 5.74) is 2.73. The molecule has 0 unspecified atom stereocenters. The van der Waals surface area contributed by atoms with Crippen LogP contribution in [0, 0.1) is 13.8 Å². The van der Waals surface area contributed by atoms with Crippen LogP contribution >= 0.6 is 15.9 Å². The summed E-state index contributed by atoms with van der Waals surface area (Å²) in [6, 6.07) is 12.8. The molecule has 2 aromatic rings. The summed E-state index contributed by atoms with van der Waals surface area (Å²) >= 11 is 3.31. The number of carbonyl (C=O) groups is 2. The molecule has 0 saturated heterocycles. The number of rotatable bonds is 6. The number of nitrogens with one attached hydrogen (secondary N) is 1. The third-order valence-corrected chi connectivity index (χ3v) is 3.57. The second-order valence-electron chi connectivity index (χ2n) is 5.33. The van der Waals surface area contributed by atoms with Gasteiger partial charge in [-0.05, 0) is 61.4 Å². The van der Waals surface area contributed by atoms with Crippen LogP contribution in [0.4, 0.5) is 5.69 Å². The highest BCUT2D eigenvalue weighted by molar-refractivity contribution is 9.10. The molecule has 0 aliphatic heterocycles. The molecule has 24 heavy (non-hydrogen) atoms. The Kier molecular flexibility index (Phi) is 6.37. The Morgan fingerprint density at radius 3 is 2.25 bits per heavy atom. The van der Waals surface area contributed by atoms with Crippen molar-refractivity contribution in [2.45, 2.75) is 13.8 Å². The molecule has 1 N–H and O–H groups in total. The highest BCUT2D eigenvalue weighted by atomic mass is 79.9. The summed E-state index contributed by atoms with van der Waals surface area (Å²) in [5.74, 6) is -0.402. The number of anilines is 1. The van der Waals surface area contributed by atoms with Crippen molar-refractivity contribution in [1.29, 1.82) is 0 Å². The van der Waals surface area contributed by atoms with E-state index in [1.54, 1.807) is 24.3 Å². The Labute approximate surface area is 149 Å². The van der Waals surface area contributed by atoms with Crippen LogP contribution in [0.2, 0.25) is 0 Å². The van der Waals surface area contributed by atoms with Crippen molar-refractivity contribution in [3.8, 4) is 5.75 Å². The smallest absolute Gasteiger partial charge is 0.344 e. The molecule has 6 heteroatoms. The van der Waals surface area contributed by atoms with Gasteiger partial charge in [0.05, 0.1) is 0 Å². The third kappa shape index (κ3) is 6.04. The zero-order valence-corrected chi connectivity index (χ0v) is 15.1. The lowest BCUT2D eigenvalue weighted by Crippen LogP contribution is -2.23.